The maximum absolute atomic E-state index is 11.9. The van der Waals surface area contributed by atoms with Crippen molar-refractivity contribution in [2.75, 3.05) is 13.1 Å². The van der Waals surface area contributed by atoms with E-state index in [1.807, 2.05) is 39.0 Å². The van der Waals surface area contributed by atoms with Crippen LogP contribution in [0, 0.1) is 0 Å². The van der Waals surface area contributed by atoms with Crippen molar-refractivity contribution in [3.05, 3.63) is 35.4 Å². The minimum absolute atomic E-state index is 0.263. The fourth-order valence-electron chi connectivity index (χ4n) is 3.07. The van der Waals surface area contributed by atoms with Crippen LogP contribution < -0.4 is 11.1 Å². The zero-order chi connectivity index (χ0) is 18.4. The number of carbonyl (C=O) groups excluding carboxylic acids is 2. The lowest BCUT2D eigenvalue weighted by molar-refractivity contribution is 0.0492. The summed E-state index contributed by atoms with van der Waals surface area (Å²) in [7, 11) is 0. The fourth-order valence-corrected chi connectivity index (χ4v) is 3.07. The highest BCUT2D eigenvalue weighted by Crippen LogP contribution is 2.20. The summed E-state index contributed by atoms with van der Waals surface area (Å²) < 4.78 is 5.30. The molecule has 1 aliphatic rings. The summed E-state index contributed by atoms with van der Waals surface area (Å²) in [5.74, 6) is -0.413. The average Bonchev–Trinajstić information content (AvgIpc) is 2.52. The molecule has 1 aromatic carbocycles. The number of alkyl carbamates (subject to hydrolysis) is 1. The number of amides is 2. The molecule has 1 fully saturated rings. The van der Waals surface area contributed by atoms with Crippen LogP contribution in [0.1, 0.15) is 56.0 Å². The first-order chi connectivity index (χ1) is 11.7. The molecule has 2 amide bonds. The molecule has 0 bridgehead atoms. The quantitative estimate of drug-likeness (QED) is 0.857. The lowest BCUT2D eigenvalue weighted by Crippen LogP contribution is -2.47. The van der Waals surface area contributed by atoms with Gasteiger partial charge < -0.3 is 15.8 Å². The molecule has 1 unspecified atom stereocenters. The predicted molar refractivity (Wildman–Crippen MR) is 97.2 cm³/mol. The minimum Gasteiger partial charge on any atom is -0.444 e. The number of nitrogens with zero attached hydrogens (tertiary/aromatic N) is 1. The lowest BCUT2D eigenvalue weighted by Gasteiger charge is -2.36. The van der Waals surface area contributed by atoms with Gasteiger partial charge in [0, 0.05) is 24.7 Å². The molecule has 0 aliphatic carbocycles. The molecule has 0 saturated carbocycles. The van der Waals surface area contributed by atoms with E-state index in [2.05, 4.69) is 10.2 Å². The van der Waals surface area contributed by atoms with Crippen LogP contribution in [0.15, 0.2) is 24.3 Å². The molecule has 0 aromatic heterocycles. The van der Waals surface area contributed by atoms with Gasteiger partial charge in [-0.1, -0.05) is 18.6 Å². The van der Waals surface area contributed by atoms with Crippen LogP contribution in [-0.2, 0) is 11.3 Å². The molecule has 1 saturated heterocycles. The third-order valence-corrected chi connectivity index (χ3v) is 4.23. The molecular weight excluding hydrogens is 318 g/mol. The topological polar surface area (TPSA) is 84.7 Å². The number of rotatable bonds is 5. The van der Waals surface area contributed by atoms with E-state index in [0.717, 1.165) is 37.9 Å². The Morgan fingerprint density at radius 3 is 2.76 bits per heavy atom. The number of hydrogen-bond acceptors (Lipinski definition) is 4. The number of nitrogens with two attached hydrogens (primary N) is 1. The van der Waals surface area contributed by atoms with E-state index < -0.39 is 11.5 Å². The van der Waals surface area contributed by atoms with Gasteiger partial charge in [-0.25, -0.2) is 4.79 Å². The fraction of sp³-hybridized carbons (Fsp3) is 0.579. The van der Waals surface area contributed by atoms with Crippen molar-refractivity contribution in [3.63, 3.8) is 0 Å². The van der Waals surface area contributed by atoms with Gasteiger partial charge in [0.05, 0.1) is 0 Å². The van der Waals surface area contributed by atoms with Crippen LogP contribution in [0.2, 0.25) is 0 Å². The molecule has 6 heteroatoms. The second kappa shape index (κ2) is 8.34. The Balaban J connectivity index is 1.95. The zero-order valence-corrected chi connectivity index (χ0v) is 15.4. The van der Waals surface area contributed by atoms with Crippen LogP contribution in [-0.4, -0.2) is 41.6 Å². The third-order valence-electron chi connectivity index (χ3n) is 4.23. The molecule has 138 valence electrons. The van der Waals surface area contributed by atoms with E-state index in [1.165, 1.54) is 0 Å². The van der Waals surface area contributed by atoms with Crippen molar-refractivity contribution in [1.29, 1.82) is 0 Å². The number of ether oxygens (including phenoxy) is 1. The monoisotopic (exact) mass is 347 g/mol. The van der Waals surface area contributed by atoms with Gasteiger partial charge in [0.15, 0.2) is 0 Å². The SMILES string of the molecule is CC(C)(C)OC(=O)NCC1CCCCN1Cc1cccc(C(N)=O)c1. The maximum atomic E-state index is 11.9. The van der Waals surface area contributed by atoms with Gasteiger partial charge in [0.25, 0.3) is 0 Å². The Kier molecular flexibility index (Phi) is 6.42. The van der Waals surface area contributed by atoms with Gasteiger partial charge in [-0.3, -0.25) is 9.69 Å². The van der Waals surface area contributed by atoms with E-state index in [-0.39, 0.29) is 12.1 Å². The van der Waals surface area contributed by atoms with Crippen molar-refractivity contribution in [3.8, 4) is 0 Å². The minimum atomic E-state index is -0.495. The highest BCUT2D eigenvalue weighted by molar-refractivity contribution is 5.92. The number of hydrogen-bond donors (Lipinski definition) is 2. The maximum Gasteiger partial charge on any atom is 0.407 e. The molecule has 1 aromatic rings. The molecule has 6 nitrogen and oxygen atoms in total. The van der Waals surface area contributed by atoms with Crippen molar-refractivity contribution in [2.24, 2.45) is 5.73 Å². The number of piperidine rings is 1. The van der Waals surface area contributed by atoms with Gasteiger partial charge in [0.2, 0.25) is 5.91 Å². The molecule has 1 atom stereocenters. The second-order valence-corrected chi connectivity index (χ2v) is 7.57. The first-order valence-corrected chi connectivity index (χ1v) is 8.84. The molecule has 1 heterocycles. The molecular formula is C19H29N3O3. The summed E-state index contributed by atoms with van der Waals surface area (Å²) in [5.41, 5.74) is 6.45. The Morgan fingerprint density at radius 1 is 1.32 bits per heavy atom. The molecule has 1 aliphatic heterocycles. The van der Waals surface area contributed by atoms with E-state index >= 15 is 0 Å². The summed E-state index contributed by atoms with van der Waals surface area (Å²) in [6, 6.07) is 7.68. The smallest absolute Gasteiger partial charge is 0.407 e. The molecule has 3 N–H and O–H groups in total. The van der Waals surface area contributed by atoms with Gasteiger partial charge in [0.1, 0.15) is 5.60 Å². The first-order valence-electron chi connectivity index (χ1n) is 8.84. The van der Waals surface area contributed by atoms with Crippen molar-refractivity contribution in [2.45, 2.75) is 58.2 Å². The summed E-state index contributed by atoms with van der Waals surface area (Å²) in [6.45, 7) is 7.83. The largest absolute Gasteiger partial charge is 0.444 e. The normalized spacial score (nSPS) is 18.6. The predicted octanol–water partition coefficient (Wildman–Crippen LogP) is 2.66. The van der Waals surface area contributed by atoms with E-state index in [1.54, 1.807) is 6.07 Å². The van der Waals surface area contributed by atoms with Crippen molar-refractivity contribution >= 4 is 12.0 Å². The molecule has 0 radical (unpaired) electrons. The highest BCUT2D eigenvalue weighted by Gasteiger charge is 2.24. The van der Waals surface area contributed by atoms with Crippen LogP contribution in [0.5, 0.6) is 0 Å². The Morgan fingerprint density at radius 2 is 2.08 bits per heavy atom. The van der Waals surface area contributed by atoms with Crippen LogP contribution >= 0.6 is 0 Å². The lowest BCUT2D eigenvalue weighted by atomic mass is 10.0. The second-order valence-electron chi connectivity index (χ2n) is 7.57. The highest BCUT2D eigenvalue weighted by atomic mass is 16.6. The van der Waals surface area contributed by atoms with Gasteiger partial charge in [-0.05, 0) is 57.9 Å². The Labute approximate surface area is 149 Å². The molecule has 0 spiro atoms. The number of nitrogens with one attached hydrogen (secondary N) is 1. The Bertz CT molecular complexity index is 610. The van der Waals surface area contributed by atoms with Gasteiger partial charge >= 0.3 is 6.09 Å². The van der Waals surface area contributed by atoms with Crippen molar-refractivity contribution in [1.82, 2.24) is 10.2 Å². The number of primary amides is 1. The summed E-state index contributed by atoms with van der Waals surface area (Å²) >= 11 is 0. The summed E-state index contributed by atoms with van der Waals surface area (Å²) in [4.78, 5) is 25.6. The molecule has 2 rings (SSSR count). The van der Waals surface area contributed by atoms with Crippen molar-refractivity contribution < 1.29 is 14.3 Å². The van der Waals surface area contributed by atoms with Crippen LogP contribution in [0.3, 0.4) is 0 Å². The third kappa shape index (κ3) is 6.38. The number of benzene rings is 1. The van der Waals surface area contributed by atoms with Gasteiger partial charge in [-0.15, -0.1) is 0 Å². The summed E-state index contributed by atoms with van der Waals surface area (Å²) in [6.07, 6.45) is 2.94. The standard InChI is InChI=1S/C19H29N3O3/c1-19(2,3)25-18(24)21-12-16-9-4-5-10-22(16)13-14-7-6-8-15(11-14)17(20)23/h6-8,11,16H,4-5,9-10,12-13H2,1-3H3,(H2,20,23)(H,21,24). The van der Waals surface area contributed by atoms with E-state index in [4.69, 9.17) is 10.5 Å². The first kappa shape index (κ1) is 19.2. The van der Waals surface area contributed by atoms with Crippen LogP contribution in [0.25, 0.3) is 0 Å². The van der Waals surface area contributed by atoms with Crippen LogP contribution in [0.4, 0.5) is 4.79 Å². The number of carbonyl (C=O) groups is 2. The van der Waals surface area contributed by atoms with Gasteiger partial charge in [-0.2, -0.15) is 0 Å². The van der Waals surface area contributed by atoms with E-state index in [9.17, 15) is 9.59 Å². The molecule has 25 heavy (non-hydrogen) atoms. The van der Waals surface area contributed by atoms with E-state index in [0.29, 0.717) is 12.1 Å². The Hall–Kier alpha value is -2.08. The number of likely N-dealkylation sites (tertiary alicyclic amines) is 1. The summed E-state index contributed by atoms with van der Waals surface area (Å²) in [5, 5.41) is 2.88. The zero-order valence-electron chi connectivity index (χ0n) is 15.4. The average molecular weight is 347 g/mol.